The molecule has 712 valence electrons. The number of hydrogen-bond acceptors (Lipinski definition) is 28. The first-order chi connectivity index (χ1) is 66.1. The molecular weight excluding hydrogens is 1750 g/mol. The fraction of sp³-hybridized carbons (Fsp3) is 0.412. The van der Waals surface area contributed by atoms with Crippen LogP contribution in [0.4, 0.5) is 116 Å². The lowest BCUT2D eigenvalue weighted by Gasteiger charge is -2.35. The second-order valence-electron chi connectivity index (χ2n) is 35.9. The molecule has 9 amide bonds. The number of halogens is 2. The molecule has 37 nitrogen and oxygen atoms in total. The van der Waals surface area contributed by atoms with E-state index < -0.39 is 11.8 Å². The largest absolute Gasteiger partial charge is 0.369 e. The minimum absolute atomic E-state index is 0.119. The molecule has 4 saturated heterocycles. The van der Waals surface area contributed by atoms with Crippen LogP contribution in [0.1, 0.15) is 130 Å². The summed E-state index contributed by atoms with van der Waals surface area (Å²) in [6.07, 6.45) is 23.3. The number of benzene rings is 4. The lowest BCUT2D eigenvalue weighted by Crippen LogP contribution is -2.48. The fourth-order valence-corrected chi connectivity index (χ4v) is 17.6. The van der Waals surface area contributed by atoms with E-state index in [9.17, 15) is 28.4 Å². The summed E-state index contributed by atoms with van der Waals surface area (Å²) in [6.45, 7) is 24.1. The maximum atomic E-state index is 14.5. The average Bonchev–Trinajstić information content (AvgIpc) is 0.802. The number of fused-ring (bicyclic) bond motifs is 4. The second kappa shape index (κ2) is 45.7. The summed E-state index contributed by atoms with van der Waals surface area (Å²) in [7, 11) is 0. The Labute approximate surface area is 794 Å². The number of aryl methyl sites for hydroxylation is 1. The Morgan fingerprint density at radius 3 is 1.19 bits per heavy atom. The van der Waals surface area contributed by atoms with Crippen molar-refractivity contribution in [2.24, 2.45) is 0 Å². The third-order valence-electron chi connectivity index (χ3n) is 24.5. The van der Waals surface area contributed by atoms with E-state index in [2.05, 4.69) is 183 Å². The van der Waals surface area contributed by atoms with E-state index in [1.165, 1.54) is 55.7 Å². The van der Waals surface area contributed by atoms with Gasteiger partial charge in [0.15, 0.2) is 34.2 Å². The highest BCUT2D eigenvalue weighted by Crippen LogP contribution is 2.33. The van der Waals surface area contributed by atoms with Gasteiger partial charge in [0.25, 0.3) is 0 Å². The first kappa shape index (κ1) is 95.1. The zero-order valence-corrected chi connectivity index (χ0v) is 78.2. The number of nitrogens with zero attached hydrogens (tertiary/aromatic N) is 17. The van der Waals surface area contributed by atoms with Gasteiger partial charge in [-0.05, 0) is 199 Å². The van der Waals surface area contributed by atoms with Crippen molar-refractivity contribution in [3.63, 3.8) is 0 Å². The van der Waals surface area contributed by atoms with Gasteiger partial charge in [-0.15, -0.1) is 0 Å². The molecule has 3 aliphatic carbocycles. The Bertz CT molecular complexity index is 6100. The van der Waals surface area contributed by atoms with Crippen LogP contribution in [0.2, 0.25) is 5.02 Å². The van der Waals surface area contributed by atoms with Gasteiger partial charge in [0.2, 0.25) is 29.7 Å². The Morgan fingerprint density at radius 1 is 0.382 bits per heavy atom. The summed E-state index contributed by atoms with van der Waals surface area (Å²) in [5, 5.41) is 49.3. The number of nitrogens with one attached hydrogen (secondary N) is 15. The molecule has 12 aromatic rings. The molecule has 39 heteroatoms. The molecule has 0 unspecified atom stereocenters. The van der Waals surface area contributed by atoms with Gasteiger partial charge in [-0.25, -0.2) is 63.4 Å². The average molecular weight is 1870 g/mol. The van der Waals surface area contributed by atoms with Crippen molar-refractivity contribution in [3.8, 4) is 0 Å². The number of amides is 9. The molecule has 3 saturated carbocycles. The van der Waals surface area contributed by atoms with E-state index in [-0.39, 0.29) is 53.5 Å². The number of carbonyl (C=O) groups is 5. The third kappa shape index (κ3) is 27.1. The smallest absolute Gasteiger partial charge is 0.320 e. The summed E-state index contributed by atoms with van der Waals surface area (Å²) in [5.74, 6) is 2.35. The zero-order valence-electron chi connectivity index (χ0n) is 77.5. The number of pyridine rings is 4. The molecule has 136 heavy (non-hydrogen) atoms. The molecule has 0 radical (unpaired) electrons. The van der Waals surface area contributed by atoms with Crippen LogP contribution in [0.5, 0.6) is 0 Å². The number of hydrogen-bond donors (Lipinski definition) is 15. The lowest BCUT2D eigenvalue weighted by molar-refractivity contribution is -0.129. The van der Waals surface area contributed by atoms with Gasteiger partial charge in [-0.3, -0.25) is 26.1 Å². The third-order valence-corrected chi connectivity index (χ3v) is 24.8. The predicted molar refractivity (Wildman–Crippen MR) is 537 cm³/mol. The lowest BCUT2D eigenvalue weighted by atomic mass is 9.96. The molecule has 15 N–H and O–H groups in total. The summed E-state index contributed by atoms with van der Waals surface area (Å²) < 4.78 is 14.5. The predicted octanol–water partition coefficient (Wildman–Crippen LogP) is 15.4. The van der Waals surface area contributed by atoms with Crippen LogP contribution in [0.3, 0.4) is 0 Å². The topological polar surface area (TPSA) is 437 Å². The first-order valence-corrected chi connectivity index (χ1v) is 47.6. The number of anilines is 16. The molecule has 4 aliphatic heterocycles. The van der Waals surface area contributed by atoms with Crippen LogP contribution >= 0.6 is 11.6 Å². The Morgan fingerprint density at radius 2 is 0.757 bits per heavy atom. The van der Waals surface area contributed by atoms with Crippen LogP contribution in [0.15, 0.2) is 152 Å². The van der Waals surface area contributed by atoms with Crippen LogP contribution in [0, 0.1) is 12.7 Å². The van der Waals surface area contributed by atoms with Crippen LogP contribution in [-0.4, -0.2) is 223 Å². The molecule has 8 aromatic heterocycles. The number of aromatic nitrogens is 12. The van der Waals surface area contributed by atoms with Crippen LogP contribution in [-0.2, 0) is 4.79 Å². The molecule has 0 atom stereocenters. The van der Waals surface area contributed by atoms with E-state index >= 15 is 0 Å². The highest BCUT2D eigenvalue weighted by molar-refractivity contribution is 6.33. The van der Waals surface area contributed by atoms with Crippen molar-refractivity contribution >= 4 is 178 Å². The van der Waals surface area contributed by atoms with Crippen molar-refractivity contribution in [1.82, 2.24) is 102 Å². The summed E-state index contributed by atoms with van der Waals surface area (Å²) in [6, 6.07) is 40.0. The van der Waals surface area contributed by atoms with Crippen molar-refractivity contribution < 1.29 is 28.4 Å². The molecule has 0 bridgehead atoms. The SMILES string of the molecule is CC(=O)N1CCN(c2ccc(Nc3ncc4c(C)cc(NC(=O)NC(C)(C)C)nc4n3)cc2)CC1.O=C(Nc1ccc2cnc(Nc3ccc(N4CCNCC4)c(Cl)c3)nc2n1)NC1CCCCC1.O=C(Nc1ccc2cnc(Nc3ccc(N4CCNCC4)cc3)nc2n1)NC1CCCCC1.O=C(Nc1nc2nc(Nc3ccc(N4CCNCC4)cc3)ncc2cc1F)NC1CCCCC1. The Hall–Kier alpha value is -14.1. The normalized spacial score (nSPS) is 16.2. The van der Waals surface area contributed by atoms with Gasteiger partial charge in [0.05, 0.1) is 10.7 Å². The molecule has 12 heterocycles. The maximum absolute atomic E-state index is 14.5. The molecule has 4 aromatic carbocycles. The van der Waals surface area contributed by atoms with Crippen LogP contribution < -0.4 is 99.4 Å². The number of piperazine rings is 4. The molecule has 7 fully saturated rings. The van der Waals surface area contributed by atoms with Crippen molar-refractivity contribution in [3.05, 3.63) is 169 Å². The minimum Gasteiger partial charge on any atom is -0.369 e. The van der Waals surface area contributed by atoms with Crippen molar-refractivity contribution in [2.45, 2.75) is 155 Å². The molecular formula is C97H120ClFN32O5. The fourth-order valence-electron chi connectivity index (χ4n) is 17.3. The standard InChI is InChI=1S/C25H32N8O2.C24H29ClN8O.C24H29FN8O.C24H30N8O/c1-16-14-21(29-24(35)31-25(3,4)5)28-22-20(16)15-26-23(30-22)27-18-6-8-19(9-7-18)33-12-10-32(11-13-33)17(2)34;25-19-14-18(7-8-20(19)33-12-10-26-11-13-33)28-23-27-15-16-6-9-21(30-22(16)32-23)31-24(34)29-17-4-2-1-3-5-17;25-20-14-16-15-27-23(28-18-6-8-19(9-7-18)33-12-10-26-11-13-33)31-21(16)30-22(20)32-24(34)29-17-4-2-1-3-5-17;33-24(28-18-4-2-1-3-5-18)30-21-11-6-17-16-26-23(31-22(17)29-21)27-19-7-9-20(10-8-19)32-14-12-25-13-15-32/h6-9,14-15H,10-13H2,1-5H3,(H3,26,27,28,29,30,31,35);2*6-9,14-15,17,26H,1-5,10-13H2,(H3,27,28,29,30,31,32,34);6-11,16,18,25H,1-5,12-15H2,(H3,26,27,28,29,30,31,33). The minimum atomic E-state index is -0.626. The summed E-state index contributed by atoms with van der Waals surface area (Å²) in [5.41, 5.74) is 10.3. The monoisotopic (exact) mass is 1870 g/mol. The maximum Gasteiger partial charge on any atom is 0.320 e. The summed E-state index contributed by atoms with van der Waals surface area (Å²) >= 11 is 6.56. The van der Waals surface area contributed by atoms with E-state index in [0.29, 0.717) is 74.2 Å². The number of carbonyl (C=O) groups excluding carboxylic acids is 5. The van der Waals surface area contributed by atoms with E-state index in [1.54, 1.807) is 43.7 Å². The highest BCUT2D eigenvalue weighted by Gasteiger charge is 2.26. The number of rotatable bonds is 19. The van der Waals surface area contributed by atoms with Gasteiger partial charge in [0.1, 0.15) is 17.5 Å². The Balaban J connectivity index is 0.000000132. The Kier molecular flexibility index (Phi) is 32.0. The first-order valence-electron chi connectivity index (χ1n) is 47.2. The van der Waals surface area contributed by atoms with Gasteiger partial charge < -0.3 is 83.0 Å². The highest BCUT2D eigenvalue weighted by atomic mass is 35.5. The van der Waals surface area contributed by atoms with Gasteiger partial charge in [-0.2, -0.15) is 19.9 Å². The zero-order chi connectivity index (χ0) is 94.3. The van der Waals surface area contributed by atoms with Crippen molar-refractivity contribution in [1.29, 1.82) is 0 Å². The van der Waals surface area contributed by atoms with Gasteiger partial charge in [0, 0.05) is 221 Å². The second-order valence-corrected chi connectivity index (χ2v) is 36.3. The summed E-state index contributed by atoms with van der Waals surface area (Å²) in [4.78, 5) is 125. The van der Waals surface area contributed by atoms with Gasteiger partial charge >= 0.3 is 24.1 Å². The van der Waals surface area contributed by atoms with Gasteiger partial charge in [-0.1, -0.05) is 69.4 Å². The molecule has 19 rings (SSSR count). The van der Waals surface area contributed by atoms with E-state index in [1.807, 2.05) is 111 Å². The van der Waals surface area contributed by atoms with Crippen LogP contribution in [0.25, 0.3) is 44.1 Å². The number of urea groups is 4. The van der Waals surface area contributed by atoms with E-state index in [0.717, 1.165) is 225 Å². The van der Waals surface area contributed by atoms with E-state index in [4.69, 9.17) is 11.6 Å². The quantitative estimate of drug-likeness (QED) is 0.0357. The molecule has 0 spiro atoms. The molecule has 7 aliphatic rings. The van der Waals surface area contributed by atoms with Crippen molar-refractivity contribution in [2.75, 3.05) is 167 Å².